The summed E-state index contributed by atoms with van der Waals surface area (Å²) in [6.45, 7) is 0. The SMILES string of the molecule is Cn1c(-c2ccccc2)nc2cc(-c3cccc(-c4ccc5c(-c6ccccc6)c6ccccc6c(-c6ccccc6)c5c4)c3)ccc21.c1ccc(-c2c3ccccc3c(-c3ccccc3)c3cc(-c4ccc(-c5cccc(-c6ccccn6)n5)cc4)ccc23)cc1.c1ccc(-c2c3ccccc3c(-c3ccccc3)c3cc(-c4ccc(-c5cn6ccccc6n5)cc4)ccc23)cc1. The molecule has 0 N–H and O–H groups in total. The van der Waals surface area contributed by atoms with Gasteiger partial charge >= 0.3 is 0 Å². The standard InChI is InChI=1S/C46H32N2.C42H28N2.C39H26N2/c1-48-43-27-25-37(30-42(43)47-46(48)33-18-9-4-10-19-33)35-21-13-20-34(28-35)36-24-26-40-41(29-36)45(32-16-7-3-8-17-32)39-23-12-11-22-38(39)44(40)31-14-5-2-6-15-31;1-3-12-31(13-4-1)41-34-16-7-8-17-35(34)42(32-14-5-2-6-15-32)37-28-33(25-26-36(37)41)29-21-23-30(24-22-29)38-19-11-20-40(44-38)39-18-9-10-27-43-39;1-3-11-29(12-4-1)38-32-15-7-8-16-33(32)39(30-13-5-2-6-14-30)35-25-31(22-23-34(35)38)27-18-20-28(21-19-27)36-26-41-24-10-9-17-37(41)40-36/h2-30H,1H3;1-28H;1-26H. The Morgan fingerprint density at radius 2 is 0.481 bits per heavy atom. The number of benzene rings is 20. The molecule has 0 saturated carbocycles. The summed E-state index contributed by atoms with van der Waals surface area (Å²) < 4.78 is 4.24. The molecule has 0 spiro atoms. The van der Waals surface area contributed by atoms with E-state index >= 15 is 0 Å². The van der Waals surface area contributed by atoms with Gasteiger partial charge in [0.25, 0.3) is 0 Å². The Labute approximate surface area is 772 Å². The summed E-state index contributed by atoms with van der Waals surface area (Å²) in [5.41, 5.74) is 34.5. The molecule has 0 unspecified atom stereocenters. The molecule has 0 fully saturated rings. The number of aryl methyl sites for hydroxylation is 1. The van der Waals surface area contributed by atoms with E-state index in [1.807, 2.05) is 60.8 Å². The third-order valence-electron chi connectivity index (χ3n) is 26.0. The first-order valence-corrected chi connectivity index (χ1v) is 45.3. The molecule has 0 bridgehead atoms. The molecular weight excluding hydrogens is 1610 g/mol. The van der Waals surface area contributed by atoms with E-state index < -0.39 is 0 Å². The lowest BCUT2D eigenvalue weighted by molar-refractivity contribution is 0.959. The Hall–Kier alpha value is -17.6. The number of imidazole rings is 2. The second-order valence-electron chi connectivity index (χ2n) is 33.9. The lowest BCUT2D eigenvalue weighted by Crippen LogP contribution is -1.92. The molecule has 624 valence electrons. The van der Waals surface area contributed by atoms with Gasteiger partial charge in [0.2, 0.25) is 0 Å². The van der Waals surface area contributed by atoms with Gasteiger partial charge in [0, 0.05) is 42.3 Å². The van der Waals surface area contributed by atoms with Crippen LogP contribution in [0, 0.1) is 0 Å². The molecule has 0 radical (unpaired) electrons. The molecule has 0 aliphatic rings. The van der Waals surface area contributed by atoms with E-state index in [2.05, 4.69) is 458 Å². The number of aromatic nitrogens is 6. The van der Waals surface area contributed by atoms with Gasteiger partial charge in [0.1, 0.15) is 11.5 Å². The second kappa shape index (κ2) is 35.2. The normalized spacial score (nSPS) is 11.3. The average molecular weight is 1700 g/mol. The zero-order valence-electron chi connectivity index (χ0n) is 73.1. The van der Waals surface area contributed by atoms with Crippen LogP contribution in [0.25, 0.3) is 238 Å². The van der Waals surface area contributed by atoms with E-state index in [0.717, 1.165) is 67.5 Å². The molecule has 6 nitrogen and oxygen atoms in total. The molecule has 0 saturated heterocycles. The van der Waals surface area contributed by atoms with Crippen LogP contribution in [-0.4, -0.2) is 28.9 Å². The maximum Gasteiger partial charge on any atom is 0.140 e. The van der Waals surface area contributed by atoms with Gasteiger partial charge in [-0.2, -0.15) is 0 Å². The van der Waals surface area contributed by atoms with E-state index in [9.17, 15) is 0 Å². The first kappa shape index (κ1) is 80.0. The highest BCUT2D eigenvalue weighted by atomic mass is 15.1. The summed E-state index contributed by atoms with van der Waals surface area (Å²) >= 11 is 0. The molecule has 20 aromatic carbocycles. The maximum atomic E-state index is 5.04. The fourth-order valence-corrected chi connectivity index (χ4v) is 19.7. The van der Waals surface area contributed by atoms with Crippen molar-refractivity contribution >= 4 is 81.3 Å². The minimum atomic E-state index is 0.872. The van der Waals surface area contributed by atoms with Gasteiger partial charge in [-0.15, -0.1) is 0 Å². The number of fused-ring (bicyclic) bond motifs is 8. The Kier molecular flexibility index (Phi) is 21.2. The third-order valence-corrected chi connectivity index (χ3v) is 26.0. The highest BCUT2D eigenvalue weighted by Gasteiger charge is 2.24. The van der Waals surface area contributed by atoms with Crippen molar-refractivity contribution < 1.29 is 0 Å². The van der Waals surface area contributed by atoms with Crippen molar-refractivity contribution in [3.05, 3.63) is 504 Å². The smallest absolute Gasteiger partial charge is 0.140 e. The summed E-state index contributed by atoms with van der Waals surface area (Å²) in [6.07, 6.45) is 5.92. The zero-order chi connectivity index (χ0) is 88.5. The quantitative estimate of drug-likeness (QED) is 0.102. The fourth-order valence-electron chi connectivity index (χ4n) is 19.7. The van der Waals surface area contributed by atoms with Gasteiger partial charge in [0.15, 0.2) is 0 Å². The maximum absolute atomic E-state index is 5.04. The molecule has 0 atom stereocenters. The highest BCUT2D eigenvalue weighted by Crippen LogP contribution is 2.50. The number of pyridine rings is 3. The molecule has 5 heterocycles. The summed E-state index contributed by atoms with van der Waals surface area (Å²) in [7, 11) is 2.09. The largest absolute Gasteiger partial charge is 0.327 e. The van der Waals surface area contributed by atoms with Gasteiger partial charge in [-0.3, -0.25) is 4.98 Å². The third kappa shape index (κ3) is 15.4. The fraction of sp³-hybridized carbons (Fsp3) is 0.00787. The molecule has 25 rings (SSSR count). The summed E-state index contributed by atoms with van der Waals surface area (Å²) in [5, 5.41) is 15.1. The number of nitrogens with zero attached hydrogens (tertiary/aromatic N) is 6. The molecule has 5 aromatic heterocycles. The van der Waals surface area contributed by atoms with Gasteiger partial charge in [-0.25, -0.2) is 15.0 Å². The lowest BCUT2D eigenvalue weighted by Gasteiger charge is -2.19. The Bertz CT molecular complexity index is 8590. The van der Waals surface area contributed by atoms with Crippen LogP contribution in [0.15, 0.2) is 504 Å². The molecule has 0 aliphatic carbocycles. The van der Waals surface area contributed by atoms with Crippen molar-refractivity contribution in [2.75, 3.05) is 0 Å². The second-order valence-corrected chi connectivity index (χ2v) is 33.9. The topological polar surface area (TPSA) is 60.9 Å². The first-order valence-electron chi connectivity index (χ1n) is 45.3. The zero-order valence-corrected chi connectivity index (χ0v) is 73.1. The van der Waals surface area contributed by atoms with Gasteiger partial charge in [-0.05, 0) is 249 Å². The van der Waals surface area contributed by atoms with Crippen LogP contribution in [0.4, 0.5) is 0 Å². The Morgan fingerprint density at radius 1 is 0.180 bits per heavy atom. The van der Waals surface area contributed by atoms with Crippen LogP contribution in [0.3, 0.4) is 0 Å². The van der Waals surface area contributed by atoms with Gasteiger partial charge in [-0.1, -0.05) is 413 Å². The number of hydrogen-bond donors (Lipinski definition) is 0. The van der Waals surface area contributed by atoms with Crippen LogP contribution in [0.5, 0.6) is 0 Å². The Balaban J connectivity index is 0.000000113. The van der Waals surface area contributed by atoms with E-state index in [0.29, 0.717) is 0 Å². The summed E-state index contributed by atoms with van der Waals surface area (Å²) in [4.78, 5) is 19.2. The molecule has 0 aliphatic heterocycles. The predicted octanol–water partition coefficient (Wildman–Crippen LogP) is 33.6. The molecular formula is C127H86N6. The van der Waals surface area contributed by atoms with Crippen LogP contribution >= 0.6 is 0 Å². The Morgan fingerprint density at radius 3 is 0.887 bits per heavy atom. The van der Waals surface area contributed by atoms with Crippen molar-refractivity contribution in [3.63, 3.8) is 0 Å². The minimum Gasteiger partial charge on any atom is -0.327 e. The molecule has 6 heteroatoms. The van der Waals surface area contributed by atoms with Crippen LogP contribution < -0.4 is 0 Å². The lowest BCUT2D eigenvalue weighted by atomic mass is 9.85. The highest BCUT2D eigenvalue weighted by molar-refractivity contribution is 6.25. The van der Waals surface area contributed by atoms with Crippen molar-refractivity contribution in [1.82, 2.24) is 28.9 Å². The van der Waals surface area contributed by atoms with Crippen LogP contribution in [0.1, 0.15) is 0 Å². The molecule has 133 heavy (non-hydrogen) atoms. The van der Waals surface area contributed by atoms with E-state index in [-0.39, 0.29) is 0 Å². The molecule has 25 aromatic rings. The van der Waals surface area contributed by atoms with E-state index in [4.69, 9.17) is 15.0 Å². The van der Waals surface area contributed by atoms with E-state index in [1.54, 1.807) is 6.20 Å². The number of rotatable bonds is 14. The summed E-state index contributed by atoms with van der Waals surface area (Å²) in [5.74, 6) is 0.976. The van der Waals surface area contributed by atoms with Crippen LogP contribution in [-0.2, 0) is 7.05 Å². The van der Waals surface area contributed by atoms with Crippen molar-refractivity contribution in [1.29, 1.82) is 0 Å². The summed E-state index contributed by atoms with van der Waals surface area (Å²) in [6, 6.07) is 174. The first-order chi connectivity index (χ1) is 65.9. The minimum absolute atomic E-state index is 0.872. The van der Waals surface area contributed by atoms with Crippen molar-refractivity contribution in [2.24, 2.45) is 7.05 Å². The predicted molar refractivity (Wildman–Crippen MR) is 559 cm³/mol. The van der Waals surface area contributed by atoms with Crippen molar-refractivity contribution in [3.8, 4) is 157 Å². The molecule has 0 amide bonds. The van der Waals surface area contributed by atoms with Gasteiger partial charge in [0.05, 0.1) is 33.8 Å². The van der Waals surface area contributed by atoms with E-state index in [1.165, 1.54) is 170 Å². The van der Waals surface area contributed by atoms with Crippen LogP contribution in [0.2, 0.25) is 0 Å². The average Bonchev–Trinajstić information content (AvgIpc) is 1.02. The van der Waals surface area contributed by atoms with Gasteiger partial charge < -0.3 is 8.97 Å². The number of hydrogen-bond acceptors (Lipinski definition) is 4. The van der Waals surface area contributed by atoms with Crippen molar-refractivity contribution in [2.45, 2.75) is 0 Å². The monoisotopic (exact) mass is 1690 g/mol.